The van der Waals surface area contributed by atoms with Crippen molar-refractivity contribution in [2.45, 2.75) is 13.0 Å². The second-order valence-electron chi connectivity index (χ2n) is 6.35. The number of hydrogen-bond acceptors (Lipinski definition) is 6. The molecule has 0 atom stereocenters. The number of hydrogen-bond donors (Lipinski definition) is 1. The van der Waals surface area contributed by atoms with Crippen molar-refractivity contribution in [1.82, 2.24) is 24.5 Å². The van der Waals surface area contributed by atoms with Gasteiger partial charge in [0.1, 0.15) is 5.75 Å². The molecule has 3 heterocycles. The lowest BCUT2D eigenvalue weighted by Crippen LogP contribution is -2.32. The first-order chi connectivity index (χ1) is 14.1. The Morgan fingerprint density at radius 2 is 2.07 bits per heavy atom. The normalized spacial score (nSPS) is 10.9. The van der Waals surface area contributed by atoms with E-state index in [4.69, 9.17) is 4.74 Å². The maximum Gasteiger partial charge on any atom is 0.266 e. The van der Waals surface area contributed by atoms with Crippen LogP contribution in [0.25, 0.3) is 16.2 Å². The fourth-order valence-corrected chi connectivity index (χ4v) is 3.81. The van der Waals surface area contributed by atoms with E-state index in [9.17, 15) is 9.59 Å². The van der Waals surface area contributed by atoms with Gasteiger partial charge in [-0.05, 0) is 30.3 Å². The number of ether oxygens (including phenoxy) is 1. The minimum atomic E-state index is -0.189. The number of nitrogens with one attached hydrogen (secondary N) is 1. The number of amides is 1. The number of aromatic nitrogens is 4. The number of methoxy groups -OCH3 is 1. The molecule has 0 unspecified atom stereocenters. The molecule has 0 saturated heterocycles. The minimum Gasteiger partial charge on any atom is -0.497 e. The first kappa shape index (κ1) is 18.9. The van der Waals surface area contributed by atoms with Gasteiger partial charge in [0.05, 0.1) is 25.8 Å². The van der Waals surface area contributed by atoms with Gasteiger partial charge in [0.15, 0.2) is 4.96 Å². The van der Waals surface area contributed by atoms with Crippen LogP contribution < -0.4 is 15.6 Å². The maximum atomic E-state index is 12.3. The quantitative estimate of drug-likeness (QED) is 0.504. The van der Waals surface area contributed by atoms with Crippen LogP contribution in [0.5, 0.6) is 5.75 Å². The molecular weight excluding hydrogens is 390 g/mol. The molecule has 9 heteroatoms. The zero-order valence-electron chi connectivity index (χ0n) is 15.7. The van der Waals surface area contributed by atoms with Crippen molar-refractivity contribution >= 4 is 22.2 Å². The Balaban J connectivity index is 1.41. The summed E-state index contributed by atoms with van der Waals surface area (Å²) in [5, 5.41) is 8.73. The summed E-state index contributed by atoms with van der Waals surface area (Å²) >= 11 is 1.49. The molecule has 0 radical (unpaired) electrons. The van der Waals surface area contributed by atoms with E-state index in [2.05, 4.69) is 15.4 Å². The van der Waals surface area contributed by atoms with Gasteiger partial charge in [-0.15, -0.1) is 11.3 Å². The lowest BCUT2D eigenvalue weighted by Gasteiger charge is -2.06. The molecule has 0 bridgehead atoms. The third kappa shape index (κ3) is 4.19. The largest absolute Gasteiger partial charge is 0.497 e. The van der Waals surface area contributed by atoms with Crippen LogP contribution in [0.2, 0.25) is 0 Å². The number of rotatable bonds is 7. The van der Waals surface area contributed by atoms with Crippen LogP contribution in [0.15, 0.2) is 59.0 Å². The van der Waals surface area contributed by atoms with Crippen LogP contribution in [0.3, 0.4) is 0 Å². The van der Waals surface area contributed by atoms with Crippen LogP contribution in [0.1, 0.15) is 5.69 Å². The van der Waals surface area contributed by atoms with E-state index in [1.165, 1.54) is 22.1 Å². The van der Waals surface area contributed by atoms with Gasteiger partial charge in [-0.2, -0.15) is 5.10 Å². The van der Waals surface area contributed by atoms with Gasteiger partial charge in [0.25, 0.3) is 5.56 Å². The van der Waals surface area contributed by atoms with Crippen molar-refractivity contribution in [1.29, 1.82) is 0 Å². The van der Waals surface area contributed by atoms with Crippen molar-refractivity contribution in [2.24, 2.45) is 0 Å². The van der Waals surface area contributed by atoms with Crippen molar-refractivity contribution in [3.05, 3.63) is 70.2 Å². The van der Waals surface area contributed by atoms with Crippen molar-refractivity contribution < 1.29 is 9.53 Å². The average Bonchev–Trinajstić information content (AvgIpc) is 3.31. The van der Waals surface area contributed by atoms with Gasteiger partial charge < -0.3 is 10.1 Å². The lowest BCUT2D eigenvalue weighted by atomic mass is 10.2. The number of carbonyl (C=O) groups is 1. The van der Waals surface area contributed by atoms with Crippen molar-refractivity contribution in [2.75, 3.05) is 13.7 Å². The highest BCUT2D eigenvalue weighted by Gasteiger charge is 2.12. The molecule has 0 aliphatic heterocycles. The number of fused-ring (bicyclic) bond motifs is 1. The van der Waals surface area contributed by atoms with E-state index >= 15 is 0 Å². The smallest absolute Gasteiger partial charge is 0.266 e. The molecule has 0 spiro atoms. The van der Waals surface area contributed by atoms with Gasteiger partial charge in [-0.3, -0.25) is 14.0 Å². The van der Waals surface area contributed by atoms with Crippen molar-refractivity contribution in [3.63, 3.8) is 0 Å². The van der Waals surface area contributed by atoms with E-state index in [-0.39, 0.29) is 17.9 Å². The Bertz CT molecular complexity index is 1190. The number of imidazole rings is 1. The van der Waals surface area contributed by atoms with Crippen LogP contribution in [-0.4, -0.2) is 38.7 Å². The maximum absolute atomic E-state index is 12.3. The molecule has 4 aromatic rings. The first-order valence-corrected chi connectivity index (χ1v) is 9.91. The molecule has 1 N–H and O–H groups in total. The van der Waals surface area contributed by atoms with E-state index < -0.39 is 0 Å². The summed E-state index contributed by atoms with van der Waals surface area (Å²) in [6, 6.07) is 10.7. The van der Waals surface area contributed by atoms with Gasteiger partial charge in [-0.1, -0.05) is 0 Å². The van der Waals surface area contributed by atoms with Crippen LogP contribution in [0.4, 0.5) is 0 Å². The molecule has 3 aromatic heterocycles. The summed E-state index contributed by atoms with van der Waals surface area (Å²) in [7, 11) is 1.63. The molecule has 1 amide bonds. The minimum absolute atomic E-state index is 0.117. The Morgan fingerprint density at radius 3 is 2.83 bits per heavy atom. The summed E-state index contributed by atoms with van der Waals surface area (Å²) in [6.45, 7) is 0.668. The predicted octanol–water partition coefficient (Wildman–Crippen LogP) is 1.99. The highest BCUT2D eigenvalue weighted by atomic mass is 32.1. The standard InChI is InChI=1S/C20H19N5O3S/c1-28-16-6-4-14(5-7-16)17-12-24-15(13-29-20(24)23-17)11-18(26)21-9-10-25-19(27)3-2-8-22-25/h2-8,12-13H,9-11H2,1H3,(H,21,26). The SMILES string of the molecule is COc1ccc(-c2cn3c(CC(=O)NCCn4ncccc4=O)csc3n2)cc1. The third-order valence-electron chi connectivity index (χ3n) is 4.44. The van der Waals surface area contributed by atoms with Gasteiger partial charge in [0, 0.05) is 41.6 Å². The first-order valence-electron chi connectivity index (χ1n) is 9.03. The van der Waals surface area contributed by atoms with Crippen LogP contribution in [-0.2, 0) is 17.8 Å². The molecule has 4 rings (SSSR count). The molecular formula is C20H19N5O3S. The van der Waals surface area contributed by atoms with E-state index in [0.29, 0.717) is 13.1 Å². The highest BCUT2D eigenvalue weighted by Crippen LogP contribution is 2.25. The zero-order chi connectivity index (χ0) is 20.2. The topological polar surface area (TPSA) is 90.5 Å². The Kier molecular flexibility index (Phi) is 5.39. The Labute approximate surface area is 170 Å². The zero-order valence-corrected chi connectivity index (χ0v) is 16.6. The fraction of sp³-hybridized carbons (Fsp3) is 0.200. The molecule has 148 valence electrons. The summed E-state index contributed by atoms with van der Waals surface area (Å²) in [5.41, 5.74) is 2.50. The predicted molar refractivity (Wildman–Crippen MR) is 110 cm³/mol. The molecule has 0 saturated carbocycles. The summed E-state index contributed by atoms with van der Waals surface area (Å²) in [6.07, 6.45) is 3.71. The summed E-state index contributed by atoms with van der Waals surface area (Å²) < 4.78 is 8.45. The van der Waals surface area contributed by atoms with Gasteiger partial charge in [0.2, 0.25) is 5.91 Å². The van der Waals surface area contributed by atoms with Crippen LogP contribution in [0, 0.1) is 0 Å². The monoisotopic (exact) mass is 409 g/mol. The highest BCUT2D eigenvalue weighted by molar-refractivity contribution is 7.15. The number of nitrogens with zero attached hydrogens (tertiary/aromatic N) is 4. The summed E-state index contributed by atoms with van der Waals surface area (Å²) in [4.78, 5) is 29.4. The van der Waals surface area contributed by atoms with Crippen molar-refractivity contribution in [3.8, 4) is 17.0 Å². The number of thiazole rings is 1. The Hall–Kier alpha value is -3.46. The van der Waals surface area contributed by atoms with E-state index in [1.807, 2.05) is 40.2 Å². The molecule has 0 fully saturated rings. The third-order valence-corrected chi connectivity index (χ3v) is 5.33. The molecule has 8 nitrogen and oxygen atoms in total. The molecule has 1 aromatic carbocycles. The lowest BCUT2D eigenvalue weighted by molar-refractivity contribution is -0.120. The summed E-state index contributed by atoms with van der Waals surface area (Å²) in [5.74, 6) is 0.675. The average molecular weight is 409 g/mol. The van der Waals surface area contributed by atoms with E-state index in [0.717, 1.165) is 27.7 Å². The fourth-order valence-electron chi connectivity index (χ4n) is 2.94. The molecule has 29 heavy (non-hydrogen) atoms. The molecule has 0 aliphatic carbocycles. The number of benzene rings is 1. The number of carbonyl (C=O) groups excluding carboxylic acids is 1. The van der Waals surface area contributed by atoms with Crippen LogP contribution >= 0.6 is 11.3 Å². The van der Waals surface area contributed by atoms with Gasteiger partial charge >= 0.3 is 0 Å². The second kappa shape index (κ2) is 8.27. The van der Waals surface area contributed by atoms with Gasteiger partial charge in [-0.25, -0.2) is 9.67 Å². The van der Waals surface area contributed by atoms with E-state index in [1.54, 1.807) is 19.4 Å². The molecule has 0 aliphatic rings. The Morgan fingerprint density at radius 1 is 1.24 bits per heavy atom. The second-order valence-corrected chi connectivity index (χ2v) is 7.18.